The quantitative estimate of drug-likeness (QED) is 0.475. The van der Waals surface area contributed by atoms with E-state index in [2.05, 4.69) is 4.72 Å². The average molecular weight is 311 g/mol. The maximum absolute atomic E-state index is 13.4. The van der Waals surface area contributed by atoms with Crippen molar-refractivity contribution >= 4 is 25.7 Å². The number of sulfonamides is 2. The number of halogens is 1. The molecule has 5 N–H and O–H groups in total. The molecule has 1 aromatic rings. The number of hydrogen-bond donors (Lipinski definition) is 3. The molecule has 0 aromatic heterocycles. The molecule has 1 aromatic carbocycles. The van der Waals surface area contributed by atoms with Crippen LogP contribution in [0.25, 0.3) is 0 Å². The van der Waals surface area contributed by atoms with Crippen molar-refractivity contribution in [3.05, 3.63) is 24.0 Å². The second kappa shape index (κ2) is 5.82. The summed E-state index contributed by atoms with van der Waals surface area (Å²) in [5, 5.41) is 4.76. The zero-order valence-electron chi connectivity index (χ0n) is 9.84. The van der Waals surface area contributed by atoms with Gasteiger partial charge in [0.1, 0.15) is 10.7 Å². The summed E-state index contributed by atoms with van der Waals surface area (Å²) >= 11 is 0. The number of nitrogens with one attached hydrogen (secondary N) is 1. The molecule has 0 radical (unpaired) electrons. The maximum atomic E-state index is 13.4. The molecular formula is C9H14FN3O4S2. The van der Waals surface area contributed by atoms with Crippen molar-refractivity contribution < 1.29 is 21.2 Å². The summed E-state index contributed by atoms with van der Waals surface area (Å²) in [5.41, 5.74) is 5.48. The molecular weight excluding hydrogens is 297 g/mol. The largest absolute Gasteiger partial charge is 0.399 e. The first-order valence-electron chi connectivity index (χ1n) is 5.17. The zero-order chi connectivity index (χ0) is 14.7. The molecule has 0 saturated heterocycles. The van der Waals surface area contributed by atoms with Gasteiger partial charge in [-0.1, -0.05) is 0 Å². The summed E-state index contributed by atoms with van der Waals surface area (Å²) in [6.45, 7) is -0.174. The summed E-state index contributed by atoms with van der Waals surface area (Å²) in [5.74, 6) is -1.30. The number of rotatable bonds is 6. The first-order valence-corrected chi connectivity index (χ1v) is 8.37. The third-order valence-corrected chi connectivity index (χ3v) is 4.48. The summed E-state index contributed by atoms with van der Waals surface area (Å²) in [6.07, 6.45) is -0.0119. The Hall–Kier alpha value is -1.23. The summed E-state index contributed by atoms with van der Waals surface area (Å²) in [6, 6.07) is 3.15. The molecule has 0 amide bonds. The molecule has 108 valence electrons. The number of hydrogen-bond acceptors (Lipinski definition) is 5. The lowest BCUT2D eigenvalue weighted by molar-refractivity contribution is 0.555. The first kappa shape index (κ1) is 15.8. The first-order chi connectivity index (χ1) is 8.62. The van der Waals surface area contributed by atoms with Crippen LogP contribution in [0.1, 0.15) is 6.42 Å². The summed E-state index contributed by atoms with van der Waals surface area (Å²) < 4.78 is 60.2. The fourth-order valence-electron chi connectivity index (χ4n) is 1.28. The van der Waals surface area contributed by atoms with Crippen LogP contribution in [0.5, 0.6) is 0 Å². The molecule has 0 aliphatic carbocycles. The number of nitrogens with two attached hydrogens (primary N) is 2. The van der Waals surface area contributed by atoms with Crippen molar-refractivity contribution in [3.63, 3.8) is 0 Å². The van der Waals surface area contributed by atoms with Crippen molar-refractivity contribution in [1.82, 2.24) is 4.72 Å². The predicted molar refractivity (Wildman–Crippen MR) is 68.6 cm³/mol. The summed E-state index contributed by atoms with van der Waals surface area (Å²) in [4.78, 5) is -0.580. The average Bonchev–Trinajstić information content (AvgIpc) is 2.26. The highest BCUT2D eigenvalue weighted by Crippen LogP contribution is 2.17. The van der Waals surface area contributed by atoms with Crippen LogP contribution in [-0.2, 0) is 20.0 Å². The van der Waals surface area contributed by atoms with Gasteiger partial charge in [0.15, 0.2) is 0 Å². The standard InChI is InChI=1S/C9H14FN3O4S2/c10-8-3-2-7(11)6-9(8)19(16,17)13-4-1-5-18(12,14)15/h2-3,6,13H,1,4-5,11H2,(H2,12,14,15). The molecule has 1 rings (SSSR count). The van der Waals surface area contributed by atoms with Crippen LogP contribution in [0.3, 0.4) is 0 Å². The number of benzene rings is 1. The molecule has 0 atom stereocenters. The number of nitrogen functional groups attached to an aromatic ring is 1. The van der Waals surface area contributed by atoms with Crippen LogP contribution in [0, 0.1) is 5.82 Å². The van der Waals surface area contributed by atoms with E-state index in [4.69, 9.17) is 10.9 Å². The topological polar surface area (TPSA) is 132 Å². The third-order valence-electron chi connectivity index (χ3n) is 2.14. The van der Waals surface area contributed by atoms with Gasteiger partial charge in [0, 0.05) is 12.2 Å². The van der Waals surface area contributed by atoms with Gasteiger partial charge in [0.25, 0.3) is 0 Å². The molecule has 0 saturated carbocycles. The molecule has 0 bridgehead atoms. The van der Waals surface area contributed by atoms with Gasteiger partial charge in [0.05, 0.1) is 5.75 Å². The van der Waals surface area contributed by atoms with E-state index in [-0.39, 0.29) is 24.4 Å². The molecule has 0 fully saturated rings. The number of primary sulfonamides is 1. The monoisotopic (exact) mass is 311 g/mol. The van der Waals surface area contributed by atoms with Gasteiger partial charge in [-0.25, -0.2) is 31.1 Å². The smallest absolute Gasteiger partial charge is 0.243 e. The predicted octanol–water partition coefficient (Wildman–Crippen LogP) is -0.635. The van der Waals surface area contributed by atoms with Crippen molar-refractivity contribution in [2.75, 3.05) is 18.0 Å². The second-order valence-electron chi connectivity index (χ2n) is 3.81. The second-order valence-corrected chi connectivity index (χ2v) is 7.28. The van der Waals surface area contributed by atoms with E-state index in [0.29, 0.717) is 0 Å². The molecule has 10 heteroatoms. The van der Waals surface area contributed by atoms with E-state index in [0.717, 1.165) is 12.1 Å². The van der Waals surface area contributed by atoms with Crippen molar-refractivity contribution in [1.29, 1.82) is 0 Å². The van der Waals surface area contributed by atoms with Crippen LogP contribution >= 0.6 is 0 Å². The van der Waals surface area contributed by atoms with Gasteiger partial charge < -0.3 is 5.73 Å². The molecule has 7 nitrogen and oxygen atoms in total. The lowest BCUT2D eigenvalue weighted by atomic mass is 10.3. The molecule has 0 spiro atoms. The van der Waals surface area contributed by atoms with E-state index < -0.39 is 30.8 Å². The van der Waals surface area contributed by atoms with Gasteiger partial charge >= 0.3 is 0 Å². The lowest BCUT2D eigenvalue weighted by Gasteiger charge is -2.08. The fraction of sp³-hybridized carbons (Fsp3) is 0.333. The minimum absolute atomic E-state index is 0.0119. The van der Waals surface area contributed by atoms with Crippen LogP contribution < -0.4 is 15.6 Å². The highest BCUT2D eigenvalue weighted by Gasteiger charge is 2.19. The van der Waals surface area contributed by atoms with Crippen LogP contribution in [0.15, 0.2) is 23.1 Å². The van der Waals surface area contributed by atoms with E-state index in [9.17, 15) is 21.2 Å². The number of anilines is 1. The van der Waals surface area contributed by atoms with Gasteiger partial charge in [-0.3, -0.25) is 0 Å². The van der Waals surface area contributed by atoms with Crippen molar-refractivity contribution in [3.8, 4) is 0 Å². The normalized spacial score (nSPS) is 12.5. The van der Waals surface area contributed by atoms with Gasteiger partial charge in [0.2, 0.25) is 20.0 Å². The Morgan fingerprint density at radius 3 is 2.42 bits per heavy atom. The fourth-order valence-corrected chi connectivity index (χ4v) is 3.01. The Morgan fingerprint density at radius 1 is 1.21 bits per heavy atom. The SMILES string of the molecule is Nc1ccc(F)c(S(=O)(=O)NCCCS(N)(=O)=O)c1. The van der Waals surface area contributed by atoms with Crippen molar-refractivity contribution in [2.24, 2.45) is 5.14 Å². The Kier molecular flexibility index (Phi) is 4.85. The molecule has 0 unspecified atom stereocenters. The maximum Gasteiger partial charge on any atom is 0.243 e. The third kappa shape index (κ3) is 5.11. The van der Waals surface area contributed by atoms with Crippen LogP contribution in [0.4, 0.5) is 10.1 Å². The van der Waals surface area contributed by atoms with Gasteiger partial charge in [-0.05, 0) is 24.6 Å². The zero-order valence-corrected chi connectivity index (χ0v) is 11.5. The summed E-state index contributed by atoms with van der Waals surface area (Å²) in [7, 11) is -7.72. The van der Waals surface area contributed by atoms with E-state index in [1.165, 1.54) is 6.07 Å². The highest BCUT2D eigenvalue weighted by atomic mass is 32.2. The Morgan fingerprint density at radius 2 is 1.84 bits per heavy atom. The van der Waals surface area contributed by atoms with E-state index in [1.54, 1.807) is 0 Å². The molecule has 19 heavy (non-hydrogen) atoms. The highest BCUT2D eigenvalue weighted by molar-refractivity contribution is 7.89. The Balaban J connectivity index is 2.74. The van der Waals surface area contributed by atoms with Crippen LogP contribution in [0.2, 0.25) is 0 Å². The molecule has 0 heterocycles. The molecule has 0 aliphatic heterocycles. The Bertz CT molecular complexity index is 658. The van der Waals surface area contributed by atoms with E-state index in [1.807, 2.05) is 0 Å². The minimum atomic E-state index is -4.07. The van der Waals surface area contributed by atoms with Gasteiger partial charge in [-0.15, -0.1) is 0 Å². The van der Waals surface area contributed by atoms with Crippen LogP contribution in [-0.4, -0.2) is 29.1 Å². The van der Waals surface area contributed by atoms with E-state index >= 15 is 0 Å². The van der Waals surface area contributed by atoms with Gasteiger partial charge in [-0.2, -0.15) is 0 Å². The van der Waals surface area contributed by atoms with Crippen molar-refractivity contribution in [2.45, 2.75) is 11.3 Å². The molecule has 0 aliphatic rings. The lowest BCUT2D eigenvalue weighted by Crippen LogP contribution is -2.28. The Labute approximate surface area is 110 Å². The minimum Gasteiger partial charge on any atom is -0.399 e.